The van der Waals surface area contributed by atoms with Crippen LogP contribution in [-0.2, 0) is 4.79 Å². The largest absolute Gasteiger partial charge is 0.481 e. The molecule has 52 valence electrons. The summed E-state index contributed by atoms with van der Waals surface area (Å²) >= 11 is 0. The zero-order valence-electron chi connectivity index (χ0n) is 5.50. The molecular weight excluding hydrogens is 150 g/mol. The number of aliphatic carboxylic acids is 1. The van der Waals surface area contributed by atoms with Crippen LogP contribution in [0, 0.1) is 0 Å². The minimum Gasteiger partial charge on any atom is -0.481 e. The third-order valence-corrected chi connectivity index (χ3v) is 0.358. The van der Waals surface area contributed by atoms with Gasteiger partial charge in [-0.2, -0.15) is 0 Å². The Morgan fingerprint density at radius 3 is 1.89 bits per heavy atom. The van der Waals surface area contributed by atoms with E-state index in [1.165, 1.54) is 0 Å². The fourth-order valence-corrected chi connectivity index (χ4v) is 0.123. The quantitative estimate of drug-likeness (QED) is 0.437. The first-order chi connectivity index (χ1) is 3.77. The van der Waals surface area contributed by atoms with E-state index < -0.39 is 5.97 Å². The third kappa shape index (κ3) is 28.7. The Kier molecular flexibility index (Phi) is 28.8. The molecule has 9 heavy (non-hydrogen) atoms. The van der Waals surface area contributed by atoms with E-state index in [2.05, 4.69) is 0 Å². The average molecular weight is 161 g/mol. The molecule has 0 rings (SSSR count). The second-order valence-electron chi connectivity index (χ2n) is 0.932. The van der Waals surface area contributed by atoms with Crippen LogP contribution in [-0.4, -0.2) is 67.6 Å². The Morgan fingerprint density at radius 1 is 1.56 bits per heavy atom. The molecule has 0 fully saturated rings. The van der Waals surface area contributed by atoms with Crippen LogP contribution in [0.1, 0.15) is 6.42 Å². The van der Waals surface area contributed by atoms with Crippen LogP contribution in [0.5, 0.6) is 0 Å². The van der Waals surface area contributed by atoms with Gasteiger partial charge in [-0.25, -0.2) is 0 Å². The first kappa shape index (κ1) is 16.3. The molecule has 0 amide bonds. The molecule has 0 aliphatic rings. The van der Waals surface area contributed by atoms with Crippen molar-refractivity contribution in [2.75, 3.05) is 13.7 Å². The summed E-state index contributed by atoms with van der Waals surface area (Å²) in [4.78, 5) is 9.52. The molecule has 0 saturated heterocycles. The molecule has 5 heteroatoms. The SMILES string of the molecule is CO.NCCC(=O)O.[Ca]. The average Bonchev–Trinajstić information content (AvgIpc) is 1.72. The van der Waals surface area contributed by atoms with Gasteiger partial charge < -0.3 is 15.9 Å². The number of nitrogens with two attached hydrogens (primary N) is 1. The number of carboxylic acids is 1. The fourth-order valence-electron chi connectivity index (χ4n) is 0.123. The van der Waals surface area contributed by atoms with Gasteiger partial charge in [0.25, 0.3) is 0 Å². The van der Waals surface area contributed by atoms with Crippen molar-refractivity contribution in [3.05, 3.63) is 0 Å². The van der Waals surface area contributed by atoms with Crippen LogP contribution in [0.2, 0.25) is 0 Å². The van der Waals surface area contributed by atoms with E-state index >= 15 is 0 Å². The Hall–Kier alpha value is 0.650. The molecule has 0 unspecified atom stereocenters. The summed E-state index contributed by atoms with van der Waals surface area (Å²) in [5, 5.41) is 14.8. The number of aliphatic hydroxyl groups is 1. The number of rotatable bonds is 2. The maximum absolute atomic E-state index is 9.52. The molecule has 0 atom stereocenters. The van der Waals surface area contributed by atoms with Gasteiger partial charge in [-0.15, -0.1) is 0 Å². The summed E-state index contributed by atoms with van der Waals surface area (Å²) in [6.07, 6.45) is 0.0694. The maximum atomic E-state index is 9.52. The Balaban J connectivity index is -0.000000109. The van der Waals surface area contributed by atoms with Crippen LogP contribution in [0.15, 0.2) is 0 Å². The van der Waals surface area contributed by atoms with Crippen molar-refractivity contribution in [3.8, 4) is 0 Å². The second-order valence-corrected chi connectivity index (χ2v) is 0.932. The number of carboxylic acid groups (broad SMARTS) is 1. The fraction of sp³-hybridized carbons (Fsp3) is 0.750. The van der Waals surface area contributed by atoms with Gasteiger partial charge in [-0.05, 0) is 0 Å². The van der Waals surface area contributed by atoms with Crippen molar-refractivity contribution in [2.45, 2.75) is 6.42 Å². The molecule has 0 aromatic carbocycles. The number of hydrogen-bond acceptors (Lipinski definition) is 3. The zero-order valence-corrected chi connectivity index (χ0v) is 7.71. The van der Waals surface area contributed by atoms with Crippen molar-refractivity contribution >= 4 is 43.7 Å². The molecule has 4 nitrogen and oxygen atoms in total. The molecule has 2 radical (unpaired) electrons. The Labute approximate surface area is 84.0 Å². The van der Waals surface area contributed by atoms with Crippen LogP contribution in [0.3, 0.4) is 0 Å². The van der Waals surface area contributed by atoms with Gasteiger partial charge >= 0.3 is 5.97 Å². The Morgan fingerprint density at radius 2 is 1.89 bits per heavy atom. The number of hydrogen-bond donors (Lipinski definition) is 3. The molecule has 4 N–H and O–H groups in total. The summed E-state index contributed by atoms with van der Waals surface area (Å²) < 4.78 is 0. The predicted octanol–water partition coefficient (Wildman–Crippen LogP) is -1.35. The monoisotopic (exact) mass is 161 g/mol. The molecule has 0 aliphatic heterocycles. The van der Waals surface area contributed by atoms with Gasteiger partial charge in [-0.1, -0.05) is 0 Å². The summed E-state index contributed by atoms with van der Waals surface area (Å²) in [7, 11) is 1.00. The van der Waals surface area contributed by atoms with E-state index in [-0.39, 0.29) is 50.7 Å². The van der Waals surface area contributed by atoms with Crippen LogP contribution >= 0.6 is 0 Å². The zero-order chi connectivity index (χ0) is 6.99. The molecule has 0 aromatic heterocycles. The van der Waals surface area contributed by atoms with E-state index in [1.807, 2.05) is 0 Å². The van der Waals surface area contributed by atoms with Crippen molar-refractivity contribution in [1.82, 2.24) is 0 Å². The first-order valence-electron chi connectivity index (χ1n) is 2.14. The maximum Gasteiger partial charge on any atom is 0.304 e. The van der Waals surface area contributed by atoms with Crippen molar-refractivity contribution in [3.63, 3.8) is 0 Å². The third-order valence-electron chi connectivity index (χ3n) is 0.358. The van der Waals surface area contributed by atoms with E-state index in [1.54, 1.807) is 0 Å². The molecule has 0 heterocycles. The normalized spacial score (nSPS) is 6.11. The molecule has 0 bridgehead atoms. The van der Waals surface area contributed by atoms with Crippen LogP contribution < -0.4 is 5.73 Å². The minimum absolute atomic E-state index is 0. The smallest absolute Gasteiger partial charge is 0.304 e. The predicted molar refractivity (Wildman–Crippen MR) is 35.2 cm³/mol. The Bertz CT molecular complexity index is 59.8. The molecule has 0 aromatic rings. The van der Waals surface area contributed by atoms with Crippen LogP contribution in [0.4, 0.5) is 0 Å². The summed E-state index contributed by atoms with van der Waals surface area (Å²) in [6, 6.07) is 0. The number of carbonyl (C=O) groups is 1. The molecule has 0 aliphatic carbocycles. The summed E-state index contributed by atoms with van der Waals surface area (Å²) in [6.45, 7) is 0.231. The topological polar surface area (TPSA) is 83.5 Å². The standard InChI is InChI=1S/C3H7NO2.CH4O.Ca/c4-2-1-3(5)6;1-2;/h1-2,4H2,(H,5,6);2H,1H3;. The van der Waals surface area contributed by atoms with Gasteiger partial charge in [0.15, 0.2) is 0 Å². The molecular formula is C4H11CaNO3. The van der Waals surface area contributed by atoms with Gasteiger partial charge in [0.05, 0.1) is 6.42 Å². The van der Waals surface area contributed by atoms with Gasteiger partial charge in [0, 0.05) is 51.4 Å². The summed E-state index contributed by atoms with van der Waals surface area (Å²) in [5.74, 6) is -0.836. The summed E-state index contributed by atoms with van der Waals surface area (Å²) in [5.41, 5.74) is 4.85. The molecule has 0 spiro atoms. The minimum atomic E-state index is -0.836. The van der Waals surface area contributed by atoms with E-state index in [0.29, 0.717) is 0 Å². The number of aliphatic hydroxyl groups excluding tert-OH is 1. The van der Waals surface area contributed by atoms with E-state index in [0.717, 1.165) is 7.11 Å². The molecule has 0 saturated carbocycles. The van der Waals surface area contributed by atoms with Crippen LogP contribution in [0.25, 0.3) is 0 Å². The van der Waals surface area contributed by atoms with E-state index in [4.69, 9.17) is 15.9 Å². The van der Waals surface area contributed by atoms with Gasteiger partial charge in [0.2, 0.25) is 0 Å². The van der Waals surface area contributed by atoms with Gasteiger partial charge in [0.1, 0.15) is 0 Å². The van der Waals surface area contributed by atoms with Gasteiger partial charge in [-0.3, -0.25) is 4.79 Å². The van der Waals surface area contributed by atoms with Crippen molar-refractivity contribution in [1.29, 1.82) is 0 Å². The van der Waals surface area contributed by atoms with Crippen molar-refractivity contribution in [2.24, 2.45) is 5.73 Å². The first-order valence-corrected chi connectivity index (χ1v) is 2.14. The van der Waals surface area contributed by atoms with Crippen molar-refractivity contribution < 1.29 is 15.0 Å². The van der Waals surface area contributed by atoms with E-state index in [9.17, 15) is 4.79 Å². The second kappa shape index (κ2) is 15.9.